The minimum Gasteiger partial charge on any atom is -0.265 e. The number of carbonyl (C=O) groups is 2. The van der Waals surface area contributed by atoms with E-state index >= 15 is 0 Å². The molecule has 1 aliphatic heterocycles. The molecule has 0 saturated carbocycles. The summed E-state index contributed by atoms with van der Waals surface area (Å²) in [5.41, 5.74) is -0.119. The maximum Gasteiger partial charge on any atom is 0.337 e. The zero-order chi connectivity index (χ0) is 18.1. The number of imide groups is 1. The van der Waals surface area contributed by atoms with Crippen molar-refractivity contribution in [1.29, 1.82) is 0 Å². The predicted octanol–water partition coefficient (Wildman–Crippen LogP) is 3.19. The standard InChI is InChI=1S/C13H12Cl3FN4O2S/c1-20-10(22)9(18-11(19-24-2)13(14,15)16)21(12(20)23)8-6-4-3-5-7(8)17/h3-6,11,19H,1-2H3. The fourth-order valence-electron chi connectivity index (χ4n) is 1.94. The molecule has 0 spiro atoms. The molecule has 6 nitrogen and oxygen atoms in total. The van der Waals surface area contributed by atoms with E-state index in [1.165, 1.54) is 25.2 Å². The number of benzene rings is 1. The molecule has 24 heavy (non-hydrogen) atoms. The smallest absolute Gasteiger partial charge is 0.265 e. The van der Waals surface area contributed by atoms with E-state index in [9.17, 15) is 14.0 Å². The minimum atomic E-state index is -1.89. The summed E-state index contributed by atoms with van der Waals surface area (Å²) in [4.78, 5) is 30.4. The van der Waals surface area contributed by atoms with Gasteiger partial charge in [0.05, 0.1) is 5.69 Å². The number of alkyl halides is 3. The van der Waals surface area contributed by atoms with Crippen LogP contribution in [0.1, 0.15) is 0 Å². The Morgan fingerprint density at radius 3 is 2.46 bits per heavy atom. The maximum absolute atomic E-state index is 14.1. The SMILES string of the molecule is CSNC(N=C1C(=O)N(C)C(=O)N1c1ccccc1F)C(Cl)(Cl)Cl. The molecule has 11 heteroatoms. The molecular weight excluding hydrogens is 402 g/mol. The number of halogens is 4. The average Bonchev–Trinajstić information content (AvgIpc) is 2.71. The van der Waals surface area contributed by atoms with Gasteiger partial charge in [-0.15, -0.1) is 0 Å². The summed E-state index contributed by atoms with van der Waals surface area (Å²) in [7, 11) is 1.26. The van der Waals surface area contributed by atoms with Crippen LogP contribution in [0.2, 0.25) is 0 Å². The maximum atomic E-state index is 14.1. The lowest BCUT2D eigenvalue weighted by Gasteiger charge is -2.22. The molecule has 1 fully saturated rings. The van der Waals surface area contributed by atoms with Gasteiger partial charge in [0.25, 0.3) is 5.91 Å². The van der Waals surface area contributed by atoms with Gasteiger partial charge < -0.3 is 0 Å². The minimum absolute atomic E-state index is 0.119. The van der Waals surface area contributed by atoms with E-state index in [4.69, 9.17) is 34.8 Å². The van der Waals surface area contributed by atoms with E-state index in [1.807, 2.05) is 0 Å². The van der Waals surface area contributed by atoms with Crippen LogP contribution < -0.4 is 9.62 Å². The molecule has 1 aliphatic rings. The highest BCUT2D eigenvalue weighted by Crippen LogP contribution is 2.33. The molecule has 1 heterocycles. The third-order valence-corrected chi connectivity index (χ3v) is 4.15. The first-order valence-corrected chi connectivity index (χ1v) is 8.84. The molecule has 130 valence electrons. The van der Waals surface area contributed by atoms with Crippen LogP contribution in [0.3, 0.4) is 0 Å². The van der Waals surface area contributed by atoms with Gasteiger partial charge in [0.2, 0.25) is 9.63 Å². The predicted molar refractivity (Wildman–Crippen MR) is 95.2 cm³/mol. The van der Waals surface area contributed by atoms with Crippen molar-refractivity contribution < 1.29 is 14.0 Å². The van der Waals surface area contributed by atoms with Gasteiger partial charge in [-0.05, 0) is 18.4 Å². The molecule has 2 rings (SSSR count). The number of nitrogens with one attached hydrogen (secondary N) is 1. The Kier molecular flexibility index (Phi) is 5.98. The fourth-order valence-corrected chi connectivity index (χ4v) is 2.89. The van der Waals surface area contributed by atoms with Crippen molar-refractivity contribution in [3.8, 4) is 0 Å². The molecule has 0 radical (unpaired) electrons. The molecular formula is C13H12Cl3FN4O2S. The van der Waals surface area contributed by atoms with Crippen LogP contribution in [0.4, 0.5) is 14.9 Å². The van der Waals surface area contributed by atoms with Crippen LogP contribution in [-0.2, 0) is 4.79 Å². The van der Waals surface area contributed by atoms with Crippen LogP contribution in [0, 0.1) is 5.82 Å². The van der Waals surface area contributed by atoms with Crippen molar-refractivity contribution in [2.24, 2.45) is 4.99 Å². The molecule has 0 bridgehead atoms. The number of urea groups is 1. The van der Waals surface area contributed by atoms with Gasteiger partial charge in [0.15, 0.2) is 6.17 Å². The molecule has 0 aliphatic carbocycles. The van der Waals surface area contributed by atoms with Crippen molar-refractivity contribution >= 4 is 70.2 Å². The number of anilines is 1. The van der Waals surface area contributed by atoms with Gasteiger partial charge in [-0.1, -0.05) is 58.9 Å². The second-order valence-corrected chi connectivity index (χ2v) is 7.67. The van der Waals surface area contributed by atoms with Crippen molar-refractivity contribution in [1.82, 2.24) is 9.62 Å². The lowest BCUT2D eigenvalue weighted by molar-refractivity contribution is -0.119. The molecule has 1 atom stereocenters. The van der Waals surface area contributed by atoms with Gasteiger partial charge in [-0.25, -0.2) is 23.8 Å². The zero-order valence-corrected chi connectivity index (χ0v) is 15.5. The number of nitrogens with zero attached hydrogens (tertiary/aromatic N) is 3. The first kappa shape index (κ1) is 19.3. The Morgan fingerprint density at radius 2 is 1.92 bits per heavy atom. The summed E-state index contributed by atoms with van der Waals surface area (Å²) in [6.45, 7) is 0. The third-order valence-electron chi connectivity index (χ3n) is 3.07. The highest BCUT2D eigenvalue weighted by molar-refractivity contribution is 7.96. The Morgan fingerprint density at radius 1 is 1.29 bits per heavy atom. The molecule has 1 N–H and O–H groups in total. The van der Waals surface area contributed by atoms with E-state index in [0.717, 1.165) is 27.8 Å². The summed E-state index contributed by atoms with van der Waals surface area (Å²) in [6.07, 6.45) is 0.538. The van der Waals surface area contributed by atoms with Crippen molar-refractivity contribution in [2.75, 3.05) is 18.2 Å². The number of amidine groups is 1. The van der Waals surface area contributed by atoms with Crippen molar-refractivity contribution in [3.63, 3.8) is 0 Å². The third kappa shape index (κ3) is 3.78. The number of amides is 3. The number of aliphatic imine (C=N–C) groups is 1. The summed E-state index contributed by atoms with van der Waals surface area (Å²) < 4.78 is 14.9. The van der Waals surface area contributed by atoms with E-state index in [-0.39, 0.29) is 11.5 Å². The lowest BCUT2D eigenvalue weighted by Crippen LogP contribution is -2.39. The average molecular weight is 414 g/mol. The van der Waals surface area contributed by atoms with Crippen LogP contribution in [-0.4, -0.2) is 45.9 Å². The lowest BCUT2D eigenvalue weighted by atomic mass is 10.3. The highest BCUT2D eigenvalue weighted by Gasteiger charge is 2.44. The van der Waals surface area contributed by atoms with Gasteiger partial charge >= 0.3 is 6.03 Å². The number of rotatable bonds is 4. The Balaban J connectivity index is 2.55. The Hall–Kier alpha value is -1.06. The van der Waals surface area contributed by atoms with E-state index in [1.54, 1.807) is 6.26 Å². The fraction of sp³-hybridized carbons (Fsp3) is 0.308. The monoisotopic (exact) mass is 412 g/mol. The quantitative estimate of drug-likeness (QED) is 0.468. The second kappa shape index (κ2) is 7.45. The van der Waals surface area contributed by atoms with Crippen LogP contribution in [0.25, 0.3) is 0 Å². The Bertz CT molecular complexity index is 698. The summed E-state index contributed by atoms with van der Waals surface area (Å²) in [5.74, 6) is -1.76. The van der Waals surface area contributed by atoms with Gasteiger partial charge in [0.1, 0.15) is 5.82 Å². The van der Waals surface area contributed by atoms with E-state index < -0.39 is 27.7 Å². The molecule has 0 aromatic heterocycles. The number of para-hydroxylation sites is 1. The van der Waals surface area contributed by atoms with E-state index in [0.29, 0.717) is 0 Å². The summed E-state index contributed by atoms with van der Waals surface area (Å²) in [6, 6.07) is 4.74. The van der Waals surface area contributed by atoms with Crippen molar-refractivity contribution in [2.45, 2.75) is 9.96 Å². The van der Waals surface area contributed by atoms with Crippen molar-refractivity contribution in [3.05, 3.63) is 30.1 Å². The van der Waals surface area contributed by atoms with E-state index in [2.05, 4.69) is 9.71 Å². The Labute approximate surface area is 157 Å². The first-order valence-electron chi connectivity index (χ1n) is 6.48. The number of likely N-dealkylation sites (N-methyl/N-ethyl adjacent to an activating group) is 1. The topological polar surface area (TPSA) is 65.0 Å². The number of carbonyl (C=O) groups excluding carboxylic acids is 2. The normalized spacial score (nSPS) is 18.7. The molecule has 1 saturated heterocycles. The summed E-state index contributed by atoms with van der Waals surface area (Å²) in [5, 5.41) is 0. The zero-order valence-electron chi connectivity index (χ0n) is 12.5. The highest BCUT2D eigenvalue weighted by atomic mass is 35.6. The summed E-state index contributed by atoms with van der Waals surface area (Å²) >= 11 is 18.7. The van der Waals surface area contributed by atoms with Gasteiger partial charge in [0, 0.05) is 7.05 Å². The molecule has 3 amide bonds. The van der Waals surface area contributed by atoms with Crippen LogP contribution >= 0.6 is 46.8 Å². The van der Waals surface area contributed by atoms with Crippen LogP contribution in [0.5, 0.6) is 0 Å². The number of hydrogen-bond acceptors (Lipinski definition) is 5. The largest absolute Gasteiger partial charge is 0.337 e. The van der Waals surface area contributed by atoms with Gasteiger partial charge in [-0.2, -0.15) is 0 Å². The first-order chi connectivity index (χ1) is 11.2. The molecule has 1 aromatic rings. The molecule has 1 unspecified atom stereocenters. The second-order valence-electron chi connectivity index (χ2n) is 4.65. The van der Waals surface area contributed by atoms with Gasteiger partial charge in [-0.3, -0.25) is 9.69 Å². The number of hydrogen-bond donors (Lipinski definition) is 1. The van der Waals surface area contributed by atoms with Crippen LogP contribution in [0.15, 0.2) is 29.3 Å². The molecule has 1 aromatic carbocycles.